The minimum atomic E-state index is -3.02. The van der Waals surface area contributed by atoms with Gasteiger partial charge in [0.25, 0.3) is 24.7 Å². The molecule has 0 aromatic heterocycles. The predicted molar refractivity (Wildman–Crippen MR) is 106 cm³/mol. The number of nitrogens with one attached hydrogen (secondary N) is 1. The first-order valence-corrected chi connectivity index (χ1v) is 10.1. The Kier molecular flexibility index (Phi) is 7.67. The summed E-state index contributed by atoms with van der Waals surface area (Å²) in [6, 6.07) is 1.86. The third-order valence-electron chi connectivity index (χ3n) is 5.27. The molecular weight excluding hydrogens is 436 g/mol. The summed E-state index contributed by atoms with van der Waals surface area (Å²) in [5, 5.41) is 2.23. The predicted octanol–water partition coefficient (Wildman–Crippen LogP) is 1.76. The number of benzene rings is 1. The molecule has 3 amide bonds. The molecule has 0 unspecified atom stereocenters. The summed E-state index contributed by atoms with van der Waals surface area (Å²) >= 11 is 0. The Balaban J connectivity index is 1.83. The molecule has 176 valence electrons. The summed E-state index contributed by atoms with van der Waals surface area (Å²) in [5.74, 6) is -2.55. The van der Waals surface area contributed by atoms with E-state index in [-0.39, 0.29) is 43.6 Å². The molecule has 1 heterocycles. The van der Waals surface area contributed by atoms with E-state index in [1.165, 1.54) is 17.0 Å². The number of anilines is 2. The van der Waals surface area contributed by atoms with Crippen molar-refractivity contribution >= 4 is 29.1 Å². The molecule has 0 spiro atoms. The molecule has 32 heavy (non-hydrogen) atoms. The zero-order chi connectivity index (χ0) is 23.4. The molecule has 2 aliphatic rings. The van der Waals surface area contributed by atoms with Gasteiger partial charge in [-0.05, 0) is 37.0 Å². The highest BCUT2D eigenvalue weighted by Crippen LogP contribution is 2.33. The molecule has 0 radical (unpaired) electrons. The Morgan fingerprint density at radius 1 is 1.25 bits per heavy atom. The van der Waals surface area contributed by atoms with Crippen molar-refractivity contribution in [2.75, 3.05) is 43.1 Å². The van der Waals surface area contributed by atoms with E-state index in [4.69, 9.17) is 10.5 Å². The van der Waals surface area contributed by atoms with Crippen LogP contribution in [0.3, 0.4) is 0 Å². The molecule has 0 bridgehead atoms. The van der Waals surface area contributed by atoms with Gasteiger partial charge in [0.1, 0.15) is 6.61 Å². The van der Waals surface area contributed by atoms with E-state index >= 15 is 0 Å². The fourth-order valence-electron chi connectivity index (χ4n) is 3.57. The fraction of sp³-hybridized carbons (Fsp3) is 0.550. The monoisotopic (exact) mass is 460 g/mol. The van der Waals surface area contributed by atoms with Crippen LogP contribution < -0.4 is 16.0 Å². The maximum Gasteiger partial charge on any atom is 0.265 e. The molecule has 1 saturated heterocycles. The van der Waals surface area contributed by atoms with Crippen molar-refractivity contribution in [3.05, 3.63) is 23.8 Å². The minimum Gasteiger partial charge on any atom is -0.370 e. The van der Waals surface area contributed by atoms with Gasteiger partial charge in [-0.2, -0.15) is 0 Å². The van der Waals surface area contributed by atoms with Crippen LogP contribution in [0.4, 0.5) is 28.9 Å². The molecule has 3 rings (SSSR count). The van der Waals surface area contributed by atoms with Gasteiger partial charge in [-0.25, -0.2) is 17.6 Å². The van der Waals surface area contributed by atoms with Gasteiger partial charge < -0.3 is 20.7 Å². The number of primary amides is 1. The van der Waals surface area contributed by atoms with Crippen LogP contribution in [0.15, 0.2) is 18.2 Å². The molecule has 2 fully saturated rings. The van der Waals surface area contributed by atoms with Crippen molar-refractivity contribution in [1.29, 1.82) is 0 Å². The number of carbonyl (C=O) groups excluding carboxylic acids is 3. The van der Waals surface area contributed by atoms with Crippen LogP contribution in [0.1, 0.15) is 24.8 Å². The first-order chi connectivity index (χ1) is 15.2. The van der Waals surface area contributed by atoms with Crippen LogP contribution in [0.5, 0.6) is 0 Å². The summed E-state index contributed by atoms with van der Waals surface area (Å²) in [6.07, 6.45) is -4.27. The van der Waals surface area contributed by atoms with E-state index in [0.29, 0.717) is 0 Å². The van der Waals surface area contributed by atoms with E-state index in [2.05, 4.69) is 5.32 Å². The maximum atomic E-state index is 13.7. The summed E-state index contributed by atoms with van der Waals surface area (Å²) in [4.78, 5) is 39.0. The average Bonchev–Trinajstić information content (AvgIpc) is 3.52. The largest absolute Gasteiger partial charge is 0.370 e. The van der Waals surface area contributed by atoms with E-state index < -0.39 is 48.7 Å². The number of nitrogens with zero attached hydrogens (tertiary/aromatic N) is 2. The molecule has 8 nitrogen and oxygen atoms in total. The third kappa shape index (κ3) is 5.94. The molecule has 12 heteroatoms. The summed E-state index contributed by atoms with van der Waals surface area (Å²) in [7, 11) is 0. The minimum absolute atomic E-state index is 0.0744. The van der Waals surface area contributed by atoms with Gasteiger partial charge in [0.2, 0.25) is 5.91 Å². The number of hydrogen-bond donors (Lipinski definition) is 2. The van der Waals surface area contributed by atoms with E-state index in [9.17, 15) is 31.9 Å². The average molecular weight is 460 g/mol. The number of rotatable bonds is 10. The highest BCUT2D eigenvalue weighted by molar-refractivity contribution is 6.10. The lowest BCUT2D eigenvalue weighted by Gasteiger charge is -2.29. The summed E-state index contributed by atoms with van der Waals surface area (Å²) < 4.78 is 58.5. The maximum absolute atomic E-state index is 13.7. The molecule has 1 atom stereocenters. The Bertz CT molecular complexity index is 862. The van der Waals surface area contributed by atoms with Crippen LogP contribution in [0.2, 0.25) is 0 Å². The second kappa shape index (κ2) is 10.3. The molecule has 3 N–H and O–H groups in total. The van der Waals surface area contributed by atoms with Gasteiger partial charge in [-0.1, -0.05) is 0 Å². The van der Waals surface area contributed by atoms with Crippen molar-refractivity contribution in [3.63, 3.8) is 0 Å². The van der Waals surface area contributed by atoms with Gasteiger partial charge in [0.15, 0.2) is 6.04 Å². The summed E-state index contributed by atoms with van der Waals surface area (Å²) in [5.41, 5.74) is 4.62. The van der Waals surface area contributed by atoms with E-state index in [1.54, 1.807) is 0 Å². The Labute approximate surface area is 181 Å². The van der Waals surface area contributed by atoms with Crippen LogP contribution in [-0.4, -0.2) is 67.9 Å². The second-order valence-corrected chi connectivity index (χ2v) is 7.75. The van der Waals surface area contributed by atoms with E-state index in [1.807, 2.05) is 0 Å². The van der Waals surface area contributed by atoms with Gasteiger partial charge >= 0.3 is 0 Å². The Morgan fingerprint density at radius 2 is 1.97 bits per heavy atom. The lowest BCUT2D eigenvalue weighted by Crippen LogP contribution is -2.54. The number of hydrogen-bond acceptors (Lipinski definition) is 5. The number of amides is 3. The lowest BCUT2D eigenvalue weighted by atomic mass is 10.1. The van der Waals surface area contributed by atoms with Crippen molar-refractivity contribution in [2.45, 2.75) is 31.7 Å². The number of halogens is 4. The highest BCUT2D eigenvalue weighted by Gasteiger charge is 2.37. The van der Waals surface area contributed by atoms with Crippen molar-refractivity contribution in [1.82, 2.24) is 4.90 Å². The number of alkyl halides is 4. The zero-order valence-electron chi connectivity index (χ0n) is 17.1. The van der Waals surface area contributed by atoms with Gasteiger partial charge in [0.05, 0.1) is 13.2 Å². The third-order valence-corrected chi connectivity index (χ3v) is 5.27. The molecule has 1 aliphatic carbocycles. The smallest absolute Gasteiger partial charge is 0.265 e. The quantitative estimate of drug-likeness (QED) is 0.409. The lowest BCUT2D eigenvalue weighted by molar-refractivity contribution is -0.133. The zero-order valence-corrected chi connectivity index (χ0v) is 17.1. The van der Waals surface area contributed by atoms with Crippen LogP contribution in [0, 0.1) is 5.92 Å². The Morgan fingerprint density at radius 3 is 2.53 bits per heavy atom. The number of ether oxygens (including phenoxy) is 1. The van der Waals surface area contributed by atoms with Crippen molar-refractivity contribution in [2.24, 2.45) is 11.7 Å². The number of carbonyl (C=O) groups is 3. The number of nitrogens with two attached hydrogens (primary N) is 1. The molecule has 1 aliphatic heterocycles. The first kappa shape index (κ1) is 23.9. The topological polar surface area (TPSA) is 105 Å². The van der Waals surface area contributed by atoms with Crippen molar-refractivity contribution < 1.29 is 36.7 Å². The highest BCUT2D eigenvalue weighted by atomic mass is 19.3. The Hall–Kier alpha value is -2.73. The normalized spacial score (nSPS) is 17.8. The fourth-order valence-corrected chi connectivity index (χ4v) is 3.57. The molecule has 1 aromatic rings. The van der Waals surface area contributed by atoms with Crippen LogP contribution in [-0.2, 0) is 19.1 Å². The van der Waals surface area contributed by atoms with Crippen LogP contribution >= 0.6 is 0 Å². The molecule has 1 aromatic carbocycles. The molecule has 1 saturated carbocycles. The second-order valence-electron chi connectivity index (χ2n) is 7.75. The van der Waals surface area contributed by atoms with Crippen molar-refractivity contribution in [3.8, 4) is 0 Å². The molecular formula is C20H24F4N4O4. The standard InChI is InChI=1S/C20H24F4N4O4/c21-15(22)9-27(8-11-1-2-11)17(19(25)30)20(31)26-14-4-3-12(7-13(14)18(23)24)28-5-6-32-10-16(28)29/h3-4,7,11,15,17-18H,1-2,5-6,8-10H2,(H2,25,30)(H,26,31)/t17-/m0/s1. The van der Waals surface area contributed by atoms with Gasteiger partial charge in [-0.15, -0.1) is 0 Å². The number of morpholine rings is 1. The SMILES string of the molecule is NC(=O)[C@@H](C(=O)Nc1ccc(N2CCOCC2=O)cc1C(F)F)N(CC(F)F)CC1CC1. The summed E-state index contributed by atoms with van der Waals surface area (Å²) in [6.45, 7) is -0.525. The van der Waals surface area contributed by atoms with Gasteiger partial charge in [-0.3, -0.25) is 19.3 Å². The van der Waals surface area contributed by atoms with E-state index in [0.717, 1.165) is 23.8 Å². The first-order valence-electron chi connectivity index (χ1n) is 10.1. The van der Waals surface area contributed by atoms with Crippen LogP contribution in [0.25, 0.3) is 0 Å². The van der Waals surface area contributed by atoms with Gasteiger partial charge in [0, 0.05) is 30.0 Å².